The van der Waals surface area contributed by atoms with Crippen molar-refractivity contribution in [1.29, 1.82) is 0 Å². The lowest BCUT2D eigenvalue weighted by Crippen LogP contribution is -2.21. The Bertz CT molecular complexity index is 538. The molecule has 0 atom stereocenters. The third-order valence-corrected chi connectivity index (χ3v) is 3.72. The standard InChI is InChI=1S/C13H13BrO5/c1-3-17-13(16)11(15)8-6-9-12(7(2)10(8)14)19-5-4-18-9/h6H,3-5H2,1-2H3. The van der Waals surface area contributed by atoms with E-state index in [9.17, 15) is 9.59 Å². The van der Waals surface area contributed by atoms with Crippen LogP contribution in [0.5, 0.6) is 11.5 Å². The molecule has 0 aliphatic carbocycles. The zero-order valence-corrected chi connectivity index (χ0v) is 12.2. The highest BCUT2D eigenvalue weighted by Crippen LogP contribution is 2.40. The first kappa shape index (κ1) is 13.9. The number of ketones is 1. The van der Waals surface area contributed by atoms with E-state index in [4.69, 9.17) is 14.2 Å². The summed E-state index contributed by atoms with van der Waals surface area (Å²) in [6, 6.07) is 1.50. The molecule has 0 aromatic heterocycles. The summed E-state index contributed by atoms with van der Waals surface area (Å²) in [7, 11) is 0. The number of ether oxygens (including phenoxy) is 3. The number of hydrogen-bond acceptors (Lipinski definition) is 5. The summed E-state index contributed by atoms with van der Waals surface area (Å²) in [6.45, 7) is 4.48. The number of carbonyl (C=O) groups excluding carboxylic acids is 2. The molecule has 0 N–H and O–H groups in total. The van der Waals surface area contributed by atoms with Crippen molar-refractivity contribution in [3.63, 3.8) is 0 Å². The Kier molecular flexibility index (Phi) is 4.09. The largest absolute Gasteiger partial charge is 0.486 e. The first-order chi connectivity index (χ1) is 9.06. The minimum absolute atomic E-state index is 0.158. The van der Waals surface area contributed by atoms with Crippen LogP contribution in [-0.2, 0) is 9.53 Å². The molecule has 6 heteroatoms. The van der Waals surface area contributed by atoms with Gasteiger partial charge in [-0.05, 0) is 35.8 Å². The Morgan fingerprint density at radius 3 is 2.74 bits per heavy atom. The molecule has 0 unspecified atom stereocenters. The quantitative estimate of drug-likeness (QED) is 0.484. The summed E-state index contributed by atoms with van der Waals surface area (Å²) in [6.07, 6.45) is 0. The van der Waals surface area contributed by atoms with E-state index in [2.05, 4.69) is 15.9 Å². The molecular weight excluding hydrogens is 316 g/mol. The Balaban J connectivity index is 2.44. The van der Waals surface area contributed by atoms with Gasteiger partial charge >= 0.3 is 5.97 Å². The Labute approximate surface area is 119 Å². The molecule has 1 heterocycles. The van der Waals surface area contributed by atoms with Crippen molar-refractivity contribution in [1.82, 2.24) is 0 Å². The average molecular weight is 329 g/mol. The number of halogens is 1. The van der Waals surface area contributed by atoms with Crippen molar-refractivity contribution in [3.8, 4) is 11.5 Å². The third kappa shape index (κ3) is 2.58. The summed E-state index contributed by atoms with van der Waals surface area (Å²) in [5, 5.41) is 0. The fourth-order valence-corrected chi connectivity index (χ4v) is 2.27. The van der Waals surface area contributed by atoms with Gasteiger partial charge in [0, 0.05) is 15.6 Å². The summed E-state index contributed by atoms with van der Waals surface area (Å²) in [4.78, 5) is 23.5. The maximum Gasteiger partial charge on any atom is 0.379 e. The van der Waals surface area contributed by atoms with E-state index in [0.29, 0.717) is 29.2 Å². The monoisotopic (exact) mass is 328 g/mol. The van der Waals surface area contributed by atoms with E-state index in [1.807, 2.05) is 0 Å². The number of benzene rings is 1. The van der Waals surface area contributed by atoms with Crippen LogP contribution in [0.1, 0.15) is 22.8 Å². The molecule has 2 rings (SSSR count). The van der Waals surface area contributed by atoms with Gasteiger partial charge in [0.2, 0.25) is 0 Å². The maximum absolute atomic E-state index is 12.0. The van der Waals surface area contributed by atoms with Gasteiger partial charge < -0.3 is 14.2 Å². The average Bonchev–Trinajstić information content (AvgIpc) is 2.42. The van der Waals surface area contributed by atoms with Gasteiger partial charge in [0.15, 0.2) is 11.5 Å². The molecule has 0 saturated carbocycles. The fourth-order valence-electron chi connectivity index (χ4n) is 1.80. The smallest absolute Gasteiger partial charge is 0.379 e. The van der Waals surface area contributed by atoms with E-state index < -0.39 is 11.8 Å². The molecule has 0 fully saturated rings. The van der Waals surface area contributed by atoms with E-state index in [0.717, 1.165) is 5.56 Å². The van der Waals surface area contributed by atoms with E-state index in [-0.39, 0.29) is 12.2 Å². The lowest BCUT2D eigenvalue weighted by molar-refractivity contribution is -0.137. The predicted molar refractivity (Wildman–Crippen MR) is 70.8 cm³/mol. The molecule has 5 nitrogen and oxygen atoms in total. The lowest BCUT2D eigenvalue weighted by Gasteiger charge is -2.22. The van der Waals surface area contributed by atoms with Gasteiger partial charge in [-0.15, -0.1) is 0 Å². The SMILES string of the molecule is CCOC(=O)C(=O)c1cc2c(c(C)c1Br)OCCO2. The second-order valence-corrected chi connectivity index (χ2v) is 4.73. The van der Waals surface area contributed by atoms with Gasteiger partial charge in [0.25, 0.3) is 5.78 Å². The summed E-state index contributed by atoms with van der Waals surface area (Å²) in [5.41, 5.74) is 0.949. The number of fused-ring (bicyclic) bond motifs is 1. The highest BCUT2D eigenvalue weighted by Gasteiger charge is 2.26. The van der Waals surface area contributed by atoms with Crippen LogP contribution in [0.2, 0.25) is 0 Å². The van der Waals surface area contributed by atoms with Crippen LogP contribution in [0.4, 0.5) is 0 Å². The highest BCUT2D eigenvalue weighted by molar-refractivity contribution is 9.10. The van der Waals surface area contributed by atoms with Crippen molar-refractivity contribution in [2.24, 2.45) is 0 Å². The molecule has 0 amide bonds. The van der Waals surface area contributed by atoms with E-state index in [1.54, 1.807) is 13.8 Å². The number of Topliss-reactive ketones (excluding diaryl/α,β-unsaturated/α-hetero) is 1. The fraction of sp³-hybridized carbons (Fsp3) is 0.385. The normalized spacial score (nSPS) is 13.0. The molecule has 0 radical (unpaired) electrons. The van der Waals surface area contributed by atoms with Crippen LogP contribution in [0, 0.1) is 6.92 Å². The van der Waals surface area contributed by atoms with Gasteiger partial charge in [-0.1, -0.05) is 0 Å². The van der Waals surface area contributed by atoms with Gasteiger partial charge in [0.1, 0.15) is 13.2 Å². The van der Waals surface area contributed by atoms with Crippen LogP contribution in [0.15, 0.2) is 10.5 Å². The highest BCUT2D eigenvalue weighted by atomic mass is 79.9. The van der Waals surface area contributed by atoms with Crippen LogP contribution >= 0.6 is 15.9 Å². The first-order valence-electron chi connectivity index (χ1n) is 5.86. The minimum atomic E-state index is -0.876. The van der Waals surface area contributed by atoms with E-state index in [1.165, 1.54) is 6.07 Å². The molecule has 0 bridgehead atoms. The third-order valence-electron chi connectivity index (χ3n) is 2.70. The zero-order valence-electron chi connectivity index (χ0n) is 10.6. The molecule has 102 valence electrons. The molecule has 1 aromatic carbocycles. The van der Waals surface area contributed by atoms with Crippen molar-refractivity contribution in [3.05, 3.63) is 21.7 Å². The number of carbonyl (C=O) groups is 2. The van der Waals surface area contributed by atoms with E-state index >= 15 is 0 Å². The second-order valence-electron chi connectivity index (χ2n) is 3.94. The molecule has 1 aromatic rings. The molecule has 0 saturated heterocycles. The van der Waals surface area contributed by atoms with Crippen LogP contribution in [-0.4, -0.2) is 31.6 Å². The van der Waals surface area contributed by atoms with Crippen LogP contribution in [0.3, 0.4) is 0 Å². The Hall–Kier alpha value is -1.56. The summed E-state index contributed by atoms with van der Waals surface area (Å²) < 4.78 is 16.2. The number of hydrogen-bond donors (Lipinski definition) is 0. The second kappa shape index (κ2) is 5.61. The van der Waals surface area contributed by atoms with Gasteiger partial charge in [0.05, 0.1) is 6.61 Å². The number of esters is 1. The summed E-state index contributed by atoms with van der Waals surface area (Å²) >= 11 is 3.32. The molecule has 1 aliphatic heterocycles. The molecule has 19 heavy (non-hydrogen) atoms. The van der Waals surface area contributed by atoms with Crippen LogP contribution < -0.4 is 9.47 Å². The molecule has 1 aliphatic rings. The minimum Gasteiger partial charge on any atom is -0.486 e. The van der Waals surface area contributed by atoms with Crippen LogP contribution in [0.25, 0.3) is 0 Å². The summed E-state index contributed by atoms with van der Waals surface area (Å²) in [5.74, 6) is -0.508. The molecule has 0 spiro atoms. The maximum atomic E-state index is 12.0. The lowest BCUT2D eigenvalue weighted by atomic mass is 10.1. The first-order valence-corrected chi connectivity index (χ1v) is 6.65. The predicted octanol–water partition coefficient (Wildman–Crippen LogP) is 2.27. The van der Waals surface area contributed by atoms with Crippen molar-refractivity contribution in [2.75, 3.05) is 19.8 Å². The zero-order chi connectivity index (χ0) is 14.0. The van der Waals surface area contributed by atoms with Crippen molar-refractivity contribution >= 4 is 27.7 Å². The topological polar surface area (TPSA) is 61.8 Å². The molecular formula is C13H13BrO5. The number of rotatable bonds is 3. The Morgan fingerprint density at radius 1 is 1.37 bits per heavy atom. The van der Waals surface area contributed by atoms with Gasteiger partial charge in [-0.3, -0.25) is 4.79 Å². The van der Waals surface area contributed by atoms with Crippen molar-refractivity contribution < 1.29 is 23.8 Å². The van der Waals surface area contributed by atoms with Gasteiger partial charge in [-0.25, -0.2) is 4.79 Å². The van der Waals surface area contributed by atoms with Crippen molar-refractivity contribution in [2.45, 2.75) is 13.8 Å². The van der Waals surface area contributed by atoms with Gasteiger partial charge in [-0.2, -0.15) is 0 Å². The Morgan fingerprint density at radius 2 is 2.05 bits per heavy atom.